The SMILES string of the molecule is N#Cc1ccc(-c2ccc(N(c3ccccc3)c3ccc(-c4ccc5c(ccc6nc(-c7ccccc7)c(-c7ccccc7)nc65)c4)cc3)cc2)cc1. The Bertz CT molecular complexity index is 2740. The van der Waals surface area contributed by atoms with Crippen molar-refractivity contribution in [3.8, 4) is 50.8 Å². The van der Waals surface area contributed by atoms with Crippen molar-refractivity contribution in [2.75, 3.05) is 4.90 Å². The highest BCUT2D eigenvalue weighted by Gasteiger charge is 2.16. The molecule has 0 N–H and O–H groups in total. The van der Waals surface area contributed by atoms with E-state index in [1.165, 1.54) is 0 Å². The van der Waals surface area contributed by atoms with Gasteiger partial charge < -0.3 is 4.90 Å². The maximum Gasteiger partial charge on any atom is 0.0991 e. The van der Waals surface area contributed by atoms with Crippen LogP contribution in [-0.4, -0.2) is 9.97 Å². The van der Waals surface area contributed by atoms with Crippen LogP contribution in [0.2, 0.25) is 0 Å². The highest BCUT2D eigenvalue weighted by Crippen LogP contribution is 2.38. The van der Waals surface area contributed by atoms with Crippen LogP contribution in [-0.2, 0) is 0 Å². The summed E-state index contributed by atoms with van der Waals surface area (Å²) < 4.78 is 0. The Morgan fingerprint density at radius 3 is 1.43 bits per heavy atom. The van der Waals surface area contributed by atoms with Gasteiger partial charge >= 0.3 is 0 Å². The zero-order valence-electron chi connectivity index (χ0n) is 28.8. The first-order valence-electron chi connectivity index (χ1n) is 17.6. The van der Waals surface area contributed by atoms with Crippen LogP contribution in [0.25, 0.3) is 66.6 Å². The van der Waals surface area contributed by atoms with Crippen LogP contribution in [0, 0.1) is 11.3 Å². The third-order valence-electron chi connectivity index (χ3n) is 9.69. The molecule has 0 aliphatic rings. The lowest BCUT2D eigenvalue weighted by Gasteiger charge is -2.26. The first-order chi connectivity index (χ1) is 26.2. The van der Waals surface area contributed by atoms with Gasteiger partial charge in [0.2, 0.25) is 0 Å². The lowest BCUT2D eigenvalue weighted by molar-refractivity contribution is 1.28. The van der Waals surface area contributed by atoms with Crippen molar-refractivity contribution < 1.29 is 0 Å². The molecule has 0 bridgehead atoms. The van der Waals surface area contributed by atoms with Crippen molar-refractivity contribution in [2.45, 2.75) is 0 Å². The molecule has 0 aliphatic carbocycles. The van der Waals surface area contributed by atoms with E-state index in [0.717, 1.165) is 83.6 Å². The van der Waals surface area contributed by atoms with Gasteiger partial charge in [0.15, 0.2) is 0 Å². The molecule has 9 aromatic rings. The van der Waals surface area contributed by atoms with E-state index < -0.39 is 0 Å². The molecule has 0 amide bonds. The molecule has 0 spiro atoms. The van der Waals surface area contributed by atoms with Gasteiger partial charge in [-0.3, -0.25) is 0 Å². The molecule has 53 heavy (non-hydrogen) atoms. The molecular formula is C49H32N4. The summed E-state index contributed by atoms with van der Waals surface area (Å²) in [4.78, 5) is 12.7. The van der Waals surface area contributed by atoms with Crippen LogP contribution in [0.4, 0.5) is 17.1 Å². The Morgan fingerprint density at radius 1 is 0.396 bits per heavy atom. The standard InChI is InChI=1S/C49H32N4/c50-33-34-16-18-35(19-17-34)36-20-26-43(27-21-36)53(42-14-8-3-9-15-42)44-28-22-37(23-29-44)40-24-30-45-41(32-40)25-31-46-49(45)52-48(39-12-6-2-7-13-39)47(51-46)38-10-4-1-5-11-38/h1-32H. The second-order valence-electron chi connectivity index (χ2n) is 13.0. The van der Waals surface area contributed by atoms with Crippen molar-refractivity contribution in [2.24, 2.45) is 0 Å². The normalized spacial score (nSPS) is 11.0. The lowest BCUT2D eigenvalue weighted by atomic mass is 9.99. The van der Waals surface area contributed by atoms with Crippen LogP contribution in [0.1, 0.15) is 5.56 Å². The summed E-state index contributed by atoms with van der Waals surface area (Å²) in [6.07, 6.45) is 0. The van der Waals surface area contributed by atoms with Gasteiger partial charge in [-0.05, 0) is 88.3 Å². The van der Waals surface area contributed by atoms with E-state index in [-0.39, 0.29) is 0 Å². The minimum atomic E-state index is 0.658. The molecule has 1 aromatic heterocycles. The molecule has 4 nitrogen and oxygen atoms in total. The van der Waals surface area contributed by atoms with Crippen molar-refractivity contribution in [1.82, 2.24) is 9.97 Å². The van der Waals surface area contributed by atoms with Crippen molar-refractivity contribution in [3.05, 3.63) is 200 Å². The first kappa shape index (κ1) is 31.6. The second-order valence-corrected chi connectivity index (χ2v) is 13.0. The molecule has 0 atom stereocenters. The predicted octanol–water partition coefficient (Wildman–Crippen LogP) is 12.8. The number of hydrogen-bond acceptors (Lipinski definition) is 4. The number of benzene rings is 8. The molecule has 0 aliphatic heterocycles. The van der Waals surface area contributed by atoms with Gasteiger partial charge in [0.1, 0.15) is 0 Å². The smallest absolute Gasteiger partial charge is 0.0991 e. The summed E-state index contributed by atoms with van der Waals surface area (Å²) in [5.41, 5.74) is 13.9. The molecule has 0 radical (unpaired) electrons. The molecule has 1 heterocycles. The number of nitriles is 1. The Hall–Kier alpha value is -7.35. The summed E-state index contributed by atoms with van der Waals surface area (Å²) in [7, 11) is 0. The van der Waals surface area contributed by atoms with E-state index >= 15 is 0 Å². The molecule has 0 saturated carbocycles. The quantitative estimate of drug-likeness (QED) is 0.158. The molecule has 9 rings (SSSR count). The monoisotopic (exact) mass is 676 g/mol. The molecule has 8 aromatic carbocycles. The minimum Gasteiger partial charge on any atom is -0.311 e. The molecule has 0 unspecified atom stereocenters. The van der Waals surface area contributed by atoms with Gasteiger partial charge in [-0.2, -0.15) is 5.26 Å². The Morgan fingerprint density at radius 2 is 0.868 bits per heavy atom. The maximum atomic E-state index is 9.19. The third kappa shape index (κ3) is 6.18. The fourth-order valence-corrected chi connectivity index (χ4v) is 6.99. The molecule has 4 heteroatoms. The van der Waals surface area contributed by atoms with E-state index in [1.54, 1.807) is 0 Å². The zero-order chi connectivity index (χ0) is 35.6. The number of anilines is 3. The highest BCUT2D eigenvalue weighted by molar-refractivity contribution is 6.06. The number of nitrogens with zero attached hydrogens (tertiary/aromatic N) is 4. The lowest BCUT2D eigenvalue weighted by Crippen LogP contribution is -2.09. The Kier molecular flexibility index (Phi) is 8.20. The zero-order valence-corrected chi connectivity index (χ0v) is 28.8. The van der Waals surface area contributed by atoms with Gasteiger partial charge in [0, 0.05) is 33.6 Å². The van der Waals surface area contributed by atoms with E-state index in [0.29, 0.717) is 5.56 Å². The molecule has 0 saturated heterocycles. The van der Waals surface area contributed by atoms with Crippen LogP contribution in [0.15, 0.2) is 194 Å². The van der Waals surface area contributed by atoms with Gasteiger partial charge in [-0.1, -0.05) is 133 Å². The van der Waals surface area contributed by atoms with E-state index in [2.05, 4.69) is 138 Å². The molecule has 248 valence electrons. The van der Waals surface area contributed by atoms with Crippen LogP contribution >= 0.6 is 0 Å². The van der Waals surface area contributed by atoms with E-state index in [4.69, 9.17) is 9.97 Å². The number of fused-ring (bicyclic) bond motifs is 3. The summed E-state index contributed by atoms with van der Waals surface area (Å²) in [6, 6.07) is 69.1. The average Bonchev–Trinajstić information content (AvgIpc) is 3.24. The Labute approximate surface area is 308 Å². The van der Waals surface area contributed by atoms with Crippen LogP contribution in [0.3, 0.4) is 0 Å². The van der Waals surface area contributed by atoms with Gasteiger partial charge in [0.25, 0.3) is 0 Å². The summed E-state index contributed by atoms with van der Waals surface area (Å²) >= 11 is 0. The number of hydrogen-bond donors (Lipinski definition) is 0. The highest BCUT2D eigenvalue weighted by atomic mass is 15.1. The fraction of sp³-hybridized carbons (Fsp3) is 0. The second kappa shape index (κ2) is 13.8. The van der Waals surface area contributed by atoms with Crippen molar-refractivity contribution in [1.29, 1.82) is 5.26 Å². The maximum absolute atomic E-state index is 9.19. The first-order valence-corrected chi connectivity index (χ1v) is 17.6. The van der Waals surface area contributed by atoms with Gasteiger partial charge in [-0.15, -0.1) is 0 Å². The largest absolute Gasteiger partial charge is 0.311 e. The van der Waals surface area contributed by atoms with E-state index in [1.807, 2.05) is 66.7 Å². The van der Waals surface area contributed by atoms with Crippen LogP contribution < -0.4 is 4.90 Å². The summed E-state index contributed by atoms with van der Waals surface area (Å²) in [5, 5.41) is 11.4. The summed E-state index contributed by atoms with van der Waals surface area (Å²) in [5.74, 6) is 0. The number of rotatable bonds is 7. The van der Waals surface area contributed by atoms with Crippen molar-refractivity contribution >= 4 is 38.9 Å². The van der Waals surface area contributed by atoms with Crippen molar-refractivity contribution in [3.63, 3.8) is 0 Å². The number of aromatic nitrogens is 2. The Balaban J connectivity index is 1.06. The molecular weight excluding hydrogens is 645 g/mol. The van der Waals surface area contributed by atoms with Crippen LogP contribution in [0.5, 0.6) is 0 Å². The fourth-order valence-electron chi connectivity index (χ4n) is 6.99. The average molecular weight is 677 g/mol. The van der Waals surface area contributed by atoms with Gasteiger partial charge in [0.05, 0.1) is 34.1 Å². The minimum absolute atomic E-state index is 0.658. The third-order valence-corrected chi connectivity index (χ3v) is 9.69. The predicted molar refractivity (Wildman–Crippen MR) is 218 cm³/mol. The summed E-state index contributed by atoms with van der Waals surface area (Å²) in [6.45, 7) is 0. The number of para-hydroxylation sites is 1. The van der Waals surface area contributed by atoms with E-state index in [9.17, 15) is 5.26 Å². The van der Waals surface area contributed by atoms with Gasteiger partial charge in [-0.25, -0.2) is 9.97 Å². The molecule has 0 fully saturated rings. The topological polar surface area (TPSA) is 52.8 Å².